The maximum atomic E-state index is 11.7. The molecule has 0 saturated heterocycles. The molecule has 2 aromatic heterocycles. The van der Waals surface area contributed by atoms with Crippen molar-refractivity contribution < 1.29 is 9.21 Å². The minimum atomic E-state index is -0.291. The van der Waals surface area contributed by atoms with E-state index < -0.39 is 0 Å². The molecule has 0 aliphatic heterocycles. The predicted molar refractivity (Wildman–Crippen MR) is 68.6 cm³/mol. The van der Waals surface area contributed by atoms with Crippen molar-refractivity contribution in [3.63, 3.8) is 0 Å². The second-order valence-electron chi connectivity index (χ2n) is 4.33. The highest BCUT2D eigenvalue weighted by atomic mass is 16.3. The Kier molecular flexibility index (Phi) is 3.82. The number of aromatic amines is 1. The Bertz CT molecular complexity index is 502. The molecule has 2 aromatic rings. The molecule has 1 unspecified atom stereocenters. The van der Waals surface area contributed by atoms with Crippen LogP contribution in [0.5, 0.6) is 0 Å². The van der Waals surface area contributed by atoms with E-state index in [9.17, 15) is 4.79 Å². The van der Waals surface area contributed by atoms with Crippen molar-refractivity contribution in [1.82, 2.24) is 10.2 Å². The first-order valence-electron chi connectivity index (χ1n) is 6.11. The van der Waals surface area contributed by atoms with Gasteiger partial charge in [0.25, 0.3) is 5.91 Å². The zero-order valence-corrected chi connectivity index (χ0v) is 10.6. The van der Waals surface area contributed by atoms with Crippen LogP contribution in [0.2, 0.25) is 0 Å². The first kappa shape index (κ1) is 12.4. The quantitative estimate of drug-likeness (QED) is 0.852. The number of carbonyl (C=O) groups excluding carboxylic acids is 1. The molecule has 0 aliphatic carbocycles. The SMILES string of the molecule is CCCC(C)c1cc(NC(=O)c2ccco2)n[nH]1. The molecule has 96 valence electrons. The van der Waals surface area contributed by atoms with Gasteiger partial charge in [0, 0.05) is 11.8 Å². The van der Waals surface area contributed by atoms with E-state index in [2.05, 4.69) is 29.4 Å². The second kappa shape index (κ2) is 5.53. The molecule has 5 heteroatoms. The molecule has 1 atom stereocenters. The lowest BCUT2D eigenvalue weighted by Crippen LogP contribution is -2.10. The lowest BCUT2D eigenvalue weighted by Gasteiger charge is -2.05. The number of furan rings is 1. The fraction of sp³-hybridized carbons (Fsp3) is 0.385. The van der Waals surface area contributed by atoms with Crippen LogP contribution in [0.25, 0.3) is 0 Å². The molecule has 2 rings (SSSR count). The topological polar surface area (TPSA) is 70.9 Å². The number of amides is 1. The Morgan fingerprint density at radius 2 is 2.44 bits per heavy atom. The normalized spacial score (nSPS) is 12.3. The summed E-state index contributed by atoms with van der Waals surface area (Å²) in [7, 11) is 0. The predicted octanol–water partition coefficient (Wildman–Crippen LogP) is 3.16. The van der Waals surface area contributed by atoms with E-state index in [4.69, 9.17) is 4.42 Å². The summed E-state index contributed by atoms with van der Waals surface area (Å²) in [5.41, 5.74) is 1.03. The molecule has 2 heterocycles. The molecule has 5 nitrogen and oxygen atoms in total. The summed E-state index contributed by atoms with van der Waals surface area (Å²) in [6, 6.07) is 5.15. The molecule has 0 fully saturated rings. The number of aromatic nitrogens is 2. The van der Waals surface area contributed by atoms with Crippen molar-refractivity contribution in [2.45, 2.75) is 32.6 Å². The van der Waals surface area contributed by atoms with Crippen LogP contribution in [0.1, 0.15) is 48.9 Å². The second-order valence-corrected chi connectivity index (χ2v) is 4.33. The summed E-state index contributed by atoms with van der Waals surface area (Å²) in [4.78, 5) is 11.7. The molecule has 0 spiro atoms. The first-order chi connectivity index (χ1) is 8.70. The van der Waals surface area contributed by atoms with Gasteiger partial charge in [-0.3, -0.25) is 9.89 Å². The Morgan fingerprint density at radius 3 is 3.11 bits per heavy atom. The van der Waals surface area contributed by atoms with Crippen LogP contribution in [0, 0.1) is 0 Å². The largest absolute Gasteiger partial charge is 0.459 e. The van der Waals surface area contributed by atoms with Gasteiger partial charge in [-0.05, 0) is 24.5 Å². The van der Waals surface area contributed by atoms with Crippen molar-refractivity contribution in [3.05, 3.63) is 35.9 Å². The van der Waals surface area contributed by atoms with Gasteiger partial charge < -0.3 is 9.73 Å². The maximum absolute atomic E-state index is 11.7. The van der Waals surface area contributed by atoms with Crippen LogP contribution in [-0.2, 0) is 0 Å². The average molecular weight is 247 g/mol. The van der Waals surface area contributed by atoms with Crippen molar-refractivity contribution >= 4 is 11.7 Å². The Morgan fingerprint density at radius 1 is 1.61 bits per heavy atom. The molecule has 18 heavy (non-hydrogen) atoms. The van der Waals surface area contributed by atoms with Crippen LogP contribution in [0.4, 0.5) is 5.82 Å². The van der Waals surface area contributed by atoms with Crippen LogP contribution < -0.4 is 5.32 Å². The van der Waals surface area contributed by atoms with E-state index in [-0.39, 0.29) is 11.7 Å². The molecule has 0 saturated carbocycles. The van der Waals surface area contributed by atoms with Crippen LogP contribution in [0.15, 0.2) is 28.9 Å². The minimum absolute atomic E-state index is 0.279. The number of hydrogen-bond acceptors (Lipinski definition) is 3. The van der Waals surface area contributed by atoms with Gasteiger partial charge in [0.1, 0.15) is 0 Å². The molecular weight excluding hydrogens is 230 g/mol. The highest BCUT2D eigenvalue weighted by Crippen LogP contribution is 2.20. The van der Waals surface area contributed by atoms with Crippen molar-refractivity contribution in [2.75, 3.05) is 5.32 Å². The standard InChI is InChI=1S/C13H17N3O2/c1-3-5-9(2)10-8-12(16-15-10)14-13(17)11-6-4-7-18-11/h4,6-9H,3,5H2,1-2H3,(H2,14,15,16,17). The number of hydrogen-bond donors (Lipinski definition) is 2. The van der Waals surface area contributed by atoms with Crippen LogP contribution in [0.3, 0.4) is 0 Å². The minimum Gasteiger partial charge on any atom is -0.459 e. The van der Waals surface area contributed by atoms with E-state index >= 15 is 0 Å². The number of anilines is 1. The zero-order chi connectivity index (χ0) is 13.0. The number of nitrogens with one attached hydrogen (secondary N) is 2. The number of carbonyl (C=O) groups is 1. The molecular formula is C13H17N3O2. The van der Waals surface area contributed by atoms with E-state index in [0.29, 0.717) is 11.7 Å². The Labute approximate surface area is 106 Å². The summed E-state index contributed by atoms with van der Waals surface area (Å²) in [6.45, 7) is 4.28. The average Bonchev–Trinajstić information content (AvgIpc) is 2.99. The highest BCUT2D eigenvalue weighted by molar-refractivity contribution is 6.01. The summed E-state index contributed by atoms with van der Waals surface area (Å²) < 4.78 is 5.01. The molecule has 0 aliphatic rings. The van der Waals surface area contributed by atoms with Gasteiger partial charge >= 0.3 is 0 Å². The number of H-pyrrole nitrogens is 1. The third-order valence-electron chi connectivity index (χ3n) is 2.84. The zero-order valence-electron chi connectivity index (χ0n) is 10.6. The summed E-state index contributed by atoms with van der Waals surface area (Å²) in [5, 5.41) is 9.70. The van der Waals surface area contributed by atoms with Gasteiger partial charge in [0.15, 0.2) is 11.6 Å². The van der Waals surface area contributed by atoms with E-state index in [1.54, 1.807) is 12.1 Å². The number of nitrogens with zero attached hydrogens (tertiary/aromatic N) is 1. The molecule has 1 amide bonds. The van der Waals surface area contributed by atoms with Gasteiger partial charge in [-0.2, -0.15) is 5.10 Å². The molecule has 0 aromatic carbocycles. The van der Waals surface area contributed by atoms with Gasteiger partial charge in [-0.1, -0.05) is 20.3 Å². The lowest BCUT2D eigenvalue weighted by atomic mass is 10.0. The third kappa shape index (κ3) is 2.80. The smallest absolute Gasteiger partial charge is 0.292 e. The maximum Gasteiger partial charge on any atom is 0.292 e. The van der Waals surface area contributed by atoms with Crippen LogP contribution in [-0.4, -0.2) is 16.1 Å². The van der Waals surface area contributed by atoms with Gasteiger partial charge in [0.05, 0.1) is 6.26 Å². The summed E-state index contributed by atoms with van der Waals surface area (Å²) in [5.74, 6) is 0.925. The monoisotopic (exact) mass is 247 g/mol. The van der Waals surface area contributed by atoms with E-state index in [0.717, 1.165) is 18.5 Å². The molecule has 2 N–H and O–H groups in total. The summed E-state index contributed by atoms with van der Waals surface area (Å²) >= 11 is 0. The van der Waals surface area contributed by atoms with Crippen molar-refractivity contribution in [2.24, 2.45) is 0 Å². The van der Waals surface area contributed by atoms with E-state index in [1.807, 2.05) is 6.07 Å². The Balaban J connectivity index is 2.00. The first-order valence-corrected chi connectivity index (χ1v) is 6.11. The van der Waals surface area contributed by atoms with E-state index in [1.165, 1.54) is 6.26 Å². The highest BCUT2D eigenvalue weighted by Gasteiger charge is 2.12. The van der Waals surface area contributed by atoms with Crippen molar-refractivity contribution in [3.8, 4) is 0 Å². The van der Waals surface area contributed by atoms with Gasteiger partial charge in [-0.15, -0.1) is 0 Å². The van der Waals surface area contributed by atoms with Gasteiger partial charge in [-0.25, -0.2) is 0 Å². The fourth-order valence-corrected chi connectivity index (χ4v) is 1.83. The van der Waals surface area contributed by atoms with Crippen molar-refractivity contribution in [1.29, 1.82) is 0 Å². The molecule has 0 bridgehead atoms. The van der Waals surface area contributed by atoms with Gasteiger partial charge in [0.2, 0.25) is 0 Å². The lowest BCUT2D eigenvalue weighted by molar-refractivity contribution is 0.0996. The summed E-state index contributed by atoms with van der Waals surface area (Å²) in [6.07, 6.45) is 3.68. The van der Waals surface area contributed by atoms with Crippen LogP contribution >= 0.6 is 0 Å². The fourth-order valence-electron chi connectivity index (χ4n) is 1.83. The number of rotatable bonds is 5. The Hall–Kier alpha value is -2.04. The molecule has 0 radical (unpaired) electrons. The third-order valence-corrected chi connectivity index (χ3v) is 2.84.